The number of rotatable bonds is 9. The first-order chi connectivity index (χ1) is 15.5. The van der Waals surface area contributed by atoms with E-state index in [9.17, 15) is 9.59 Å². The van der Waals surface area contributed by atoms with Crippen molar-refractivity contribution in [2.45, 2.75) is 26.2 Å². The Kier molecular flexibility index (Phi) is 8.50. The molecule has 2 aromatic rings. The molecular weight excluding hydrogens is 406 g/mol. The standard InChI is InChI=1S/C25H33N3O4/c1-18-10-13-28(14-11-18)23-9-6-20(17-22(23)25(30)26-12-15-31-2)27-24(29)16-19-4-7-21(32-3)8-5-19/h4-9,17-18H,10-16H2,1-3H3,(H,26,30)(H,27,29). The fourth-order valence-corrected chi connectivity index (χ4v) is 3.82. The molecule has 2 N–H and O–H groups in total. The Hall–Kier alpha value is -3.06. The zero-order valence-electron chi connectivity index (χ0n) is 19.1. The average molecular weight is 440 g/mol. The number of piperidine rings is 1. The number of amides is 2. The van der Waals surface area contributed by atoms with Gasteiger partial charge < -0.3 is 25.0 Å². The van der Waals surface area contributed by atoms with Crippen LogP contribution in [0.4, 0.5) is 11.4 Å². The van der Waals surface area contributed by atoms with E-state index in [-0.39, 0.29) is 18.2 Å². The summed E-state index contributed by atoms with van der Waals surface area (Å²) in [6.45, 7) is 4.98. The number of nitrogens with zero attached hydrogens (tertiary/aromatic N) is 1. The number of anilines is 2. The maximum absolute atomic E-state index is 12.9. The van der Waals surface area contributed by atoms with Gasteiger partial charge in [0.2, 0.25) is 5.91 Å². The number of ether oxygens (including phenoxy) is 2. The second-order valence-electron chi connectivity index (χ2n) is 8.22. The smallest absolute Gasteiger partial charge is 0.253 e. The monoisotopic (exact) mass is 439 g/mol. The van der Waals surface area contributed by atoms with E-state index in [1.165, 1.54) is 0 Å². The number of nitrogens with one attached hydrogen (secondary N) is 2. The summed E-state index contributed by atoms with van der Waals surface area (Å²) in [6.07, 6.45) is 2.45. The normalized spacial score (nSPS) is 14.2. The molecule has 7 nitrogen and oxygen atoms in total. The van der Waals surface area contributed by atoms with Crippen LogP contribution >= 0.6 is 0 Å². The Balaban J connectivity index is 1.74. The van der Waals surface area contributed by atoms with E-state index < -0.39 is 0 Å². The molecule has 2 amide bonds. The molecule has 1 saturated heterocycles. The Bertz CT molecular complexity index is 906. The molecule has 1 fully saturated rings. The third-order valence-electron chi connectivity index (χ3n) is 5.76. The lowest BCUT2D eigenvalue weighted by Crippen LogP contribution is -2.35. The molecule has 1 aliphatic heterocycles. The third-order valence-corrected chi connectivity index (χ3v) is 5.76. The molecule has 0 atom stereocenters. The molecule has 0 aromatic heterocycles. The molecule has 7 heteroatoms. The summed E-state index contributed by atoms with van der Waals surface area (Å²) < 4.78 is 10.2. The minimum absolute atomic E-state index is 0.138. The van der Waals surface area contributed by atoms with E-state index in [0.29, 0.717) is 30.3 Å². The lowest BCUT2D eigenvalue weighted by molar-refractivity contribution is -0.115. The fraction of sp³-hybridized carbons (Fsp3) is 0.440. The van der Waals surface area contributed by atoms with Gasteiger partial charge in [-0.15, -0.1) is 0 Å². The summed E-state index contributed by atoms with van der Waals surface area (Å²) in [5.41, 5.74) is 2.97. The van der Waals surface area contributed by atoms with Crippen molar-refractivity contribution in [1.82, 2.24) is 5.32 Å². The molecule has 0 radical (unpaired) electrons. The average Bonchev–Trinajstić information content (AvgIpc) is 2.80. The maximum atomic E-state index is 12.9. The highest BCUT2D eigenvalue weighted by Crippen LogP contribution is 2.29. The van der Waals surface area contributed by atoms with Gasteiger partial charge in [0, 0.05) is 38.1 Å². The first kappa shape index (κ1) is 23.6. The second-order valence-corrected chi connectivity index (χ2v) is 8.22. The van der Waals surface area contributed by atoms with Crippen LogP contribution in [0.25, 0.3) is 0 Å². The lowest BCUT2D eigenvalue weighted by atomic mass is 9.97. The Morgan fingerprint density at radius 2 is 1.78 bits per heavy atom. The van der Waals surface area contributed by atoms with Gasteiger partial charge in [-0.1, -0.05) is 19.1 Å². The zero-order valence-corrected chi connectivity index (χ0v) is 19.1. The Morgan fingerprint density at radius 1 is 1.06 bits per heavy atom. The first-order valence-corrected chi connectivity index (χ1v) is 11.1. The van der Waals surface area contributed by atoms with Crippen LogP contribution < -0.4 is 20.3 Å². The number of benzene rings is 2. The summed E-state index contributed by atoms with van der Waals surface area (Å²) in [6, 6.07) is 13.0. The summed E-state index contributed by atoms with van der Waals surface area (Å²) in [4.78, 5) is 27.8. The number of hydrogen-bond acceptors (Lipinski definition) is 5. The third kappa shape index (κ3) is 6.47. The highest BCUT2D eigenvalue weighted by Gasteiger charge is 2.22. The van der Waals surface area contributed by atoms with E-state index in [0.717, 1.165) is 42.9 Å². The predicted octanol–water partition coefficient (Wildman–Crippen LogP) is 3.49. The summed E-state index contributed by atoms with van der Waals surface area (Å²) in [5.74, 6) is 1.14. The molecule has 1 aliphatic rings. The van der Waals surface area contributed by atoms with Crippen molar-refractivity contribution in [2.75, 3.05) is 50.7 Å². The van der Waals surface area contributed by atoms with Crippen LogP contribution in [0.2, 0.25) is 0 Å². The van der Waals surface area contributed by atoms with Gasteiger partial charge in [0.05, 0.1) is 25.7 Å². The van der Waals surface area contributed by atoms with Crippen molar-refractivity contribution >= 4 is 23.2 Å². The minimum Gasteiger partial charge on any atom is -0.497 e. The summed E-state index contributed by atoms with van der Waals surface area (Å²) >= 11 is 0. The van der Waals surface area contributed by atoms with Crippen LogP contribution in [-0.4, -0.2) is 52.3 Å². The van der Waals surface area contributed by atoms with Crippen LogP contribution in [0, 0.1) is 5.92 Å². The summed E-state index contributed by atoms with van der Waals surface area (Å²) in [5, 5.41) is 5.83. The van der Waals surface area contributed by atoms with Crippen LogP contribution in [0.3, 0.4) is 0 Å². The van der Waals surface area contributed by atoms with E-state index in [1.54, 1.807) is 20.3 Å². The van der Waals surface area contributed by atoms with Gasteiger partial charge in [-0.3, -0.25) is 9.59 Å². The van der Waals surface area contributed by atoms with Crippen LogP contribution in [0.1, 0.15) is 35.7 Å². The highest BCUT2D eigenvalue weighted by molar-refractivity contribution is 6.02. The molecule has 1 heterocycles. The quantitative estimate of drug-likeness (QED) is 0.585. The first-order valence-electron chi connectivity index (χ1n) is 11.1. The van der Waals surface area contributed by atoms with Gasteiger partial charge in [-0.25, -0.2) is 0 Å². The topological polar surface area (TPSA) is 79.9 Å². The summed E-state index contributed by atoms with van der Waals surface area (Å²) in [7, 11) is 3.21. The van der Waals surface area contributed by atoms with Crippen LogP contribution in [0.5, 0.6) is 5.75 Å². The van der Waals surface area contributed by atoms with Crippen molar-refractivity contribution < 1.29 is 19.1 Å². The van der Waals surface area contributed by atoms with E-state index in [2.05, 4.69) is 22.5 Å². The number of carbonyl (C=O) groups excluding carboxylic acids is 2. The molecule has 2 aromatic carbocycles. The van der Waals surface area contributed by atoms with E-state index >= 15 is 0 Å². The predicted molar refractivity (Wildman–Crippen MR) is 127 cm³/mol. The maximum Gasteiger partial charge on any atom is 0.253 e. The van der Waals surface area contributed by atoms with E-state index in [1.807, 2.05) is 36.4 Å². The molecule has 0 bridgehead atoms. The van der Waals surface area contributed by atoms with Crippen LogP contribution in [-0.2, 0) is 16.0 Å². The van der Waals surface area contributed by atoms with Crippen molar-refractivity contribution in [3.8, 4) is 5.75 Å². The molecule has 0 unspecified atom stereocenters. The van der Waals surface area contributed by atoms with Crippen LogP contribution in [0.15, 0.2) is 42.5 Å². The zero-order chi connectivity index (χ0) is 22.9. The van der Waals surface area contributed by atoms with Crippen molar-refractivity contribution in [3.05, 3.63) is 53.6 Å². The van der Waals surface area contributed by atoms with E-state index in [4.69, 9.17) is 9.47 Å². The number of hydrogen-bond donors (Lipinski definition) is 2. The number of methoxy groups -OCH3 is 2. The Morgan fingerprint density at radius 3 is 2.44 bits per heavy atom. The van der Waals surface area contributed by atoms with Gasteiger partial charge in [0.25, 0.3) is 5.91 Å². The lowest BCUT2D eigenvalue weighted by Gasteiger charge is -2.33. The molecular formula is C25H33N3O4. The largest absolute Gasteiger partial charge is 0.497 e. The fourth-order valence-electron chi connectivity index (χ4n) is 3.82. The molecule has 3 rings (SSSR count). The molecule has 32 heavy (non-hydrogen) atoms. The van der Waals surface area contributed by atoms with Crippen molar-refractivity contribution in [2.24, 2.45) is 5.92 Å². The SMILES string of the molecule is COCCNC(=O)c1cc(NC(=O)Cc2ccc(OC)cc2)ccc1N1CCC(C)CC1. The van der Waals surface area contributed by atoms with Gasteiger partial charge in [0.15, 0.2) is 0 Å². The van der Waals surface area contributed by atoms with Gasteiger partial charge >= 0.3 is 0 Å². The molecule has 0 spiro atoms. The second kappa shape index (κ2) is 11.5. The molecule has 0 aliphatic carbocycles. The Labute approximate surface area is 190 Å². The molecule has 0 saturated carbocycles. The minimum atomic E-state index is -0.165. The van der Waals surface area contributed by atoms with Gasteiger partial charge in [-0.2, -0.15) is 0 Å². The number of carbonyl (C=O) groups is 2. The van der Waals surface area contributed by atoms with Crippen molar-refractivity contribution in [3.63, 3.8) is 0 Å². The molecule has 172 valence electrons. The van der Waals surface area contributed by atoms with Crippen molar-refractivity contribution in [1.29, 1.82) is 0 Å². The highest BCUT2D eigenvalue weighted by atomic mass is 16.5. The van der Waals surface area contributed by atoms with Gasteiger partial charge in [0.1, 0.15) is 5.75 Å². The van der Waals surface area contributed by atoms with Gasteiger partial charge in [-0.05, 0) is 54.7 Å².